The van der Waals surface area contributed by atoms with Gasteiger partial charge in [0.25, 0.3) is 0 Å². The van der Waals surface area contributed by atoms with Gasteiger partial charge in [-0.15, -0.1) is 0 Å². The summed E-state index contributed by atoms with van der Waals surface area (Å²) in [6.45, 7) is 4.13. The Morgan fingerprint density at radius 2 is 1.17 bits per heavy atom. The van der Waals surface area contributed by atoms with Crippen LogP contribution in [0.2, 0.25) is 0 Å². The number of aliphatic hydroxyl groups is 2. The molecule has 0 aliphatic rings. The van der Waals surface area contributed by atoms with Gasteiger partial charge in [-0.1, -0.05) is 0 Å². The SMILES string of the molecule is CCOC(=O)CCCCC(=O)OCC.OCCO. The average Bonchev–Trinajstić information content (AvgIpc) is 2.36. The molecule has 6 nitrogen and oxygen atoms in total. The largest absolute Gasteiger partial charge is 0.466 e. The maximum Gasteiger partial charge on any atom is 0.305 e. The highest BCUT2D eigenvalue weighted by Gasteiger charge is 2.04. The van der Waals surface area contributed by atoms with E-state index in [4.69, 9.17) is 19.7 Å². The zero-order chi connectivity index (χ0) is 14.2. The zero-order valence-corrected chi connectivity index (χ0v) is 11.2. The minimum absolute atomic E-state index is 0.125. The summed E-state index contributed by atoms with van der Waals surface area (Å²) < 4.78 is 9.48. The van der Waals surface area contributed by atoms with Crippen LogP contribution in [0.1, 0.15) is 39.5 Å². The van der Waals surface area contributed by atoms with Gasteiger partial charge in [0.15, 0.2) is 0 Å². The third-order valence-corrected chi connectivity index (χ3v) is 1.72. The monoisotopic (exact) mass is 264 g/mol. The Morgan fingerprint density at radius 3 is 1.39 bits per heavy atom. The van der Waals surface area contributed by atoms with Crippen LogP contribution in [-0.2, 0) is 19.1 Å². The topological polar surface area (TPSA) is 93.1 Å². The van der Waals surface area contributed by atoms with E-state index in [1.165, 1.54) is 0 Å². The van der Waals surface area contributed by atoms with Crippen molar-refractivity contribution in [3.63, 3.8) is 0 Å². The predicted octanol–water partition coefficient (Wildman–Crippen LogP) is 0.644. The molecular weight excluding hydrogens is 240 g/mol. The van der Waals surface area contributed by atoms with Gasteiger partial charge in [0.2, 0.25) is 0 Å². The summed E-state index contributed by atoms with van der Waals surface area (Å²) in [6.07, 6.45) is 2.12. The van der Waals surface area contributed by atoms with E-state index in [1.54, 1.807) is 13.8 Å². The lowest BCUT2D eigenvalue weighted by Gasteiger charge is -2.02. The Labute approximate surface area is 108 Å². The van der Waals surface area contributed by atoms with Crippen LogP contribution in [0, 0.1) is 0 Å². The van der Waals surface area contributed by atoms with Crippen molar-refractivity contribution in [3.8, 4) is 0 Å². The minimum atomic E-state index is -0.198. The number of carbonyl (C=O) groups excluding carboxylic acids is 2. The number of unbranched alkanes of at least 4 members (excludes halogenated alkanes) is 1. The third kappa shape index (κ3) is 17.3. The van der Waals surface area contributed by atoms with Gasteiger partial charge in [-0.3, -0.25) is 9.59 Å². The van der Waals surface area contributed by atoms with E-state index < -0.39 is 0 Å². The fraction of sp³-hybridized carbons (Fsp3) is 0.833. The molecule has 0 aliphatic carbocycles. The molecule has 0 fully saturated rings. The van der Waals surface area contributed by atoms with Crippen LogP contribution in [0.15, 0.2) is 0 Å². The smallest absolute Gasteiger partial charge is 0.305 e. The van der Waals surface area contributed by atoms with Crippen LogP contribution in [0.5, 0.6) is 0 Å². The molecule has 2 N–H and O–H groups in total. The van der Waals surface area contributed by atoms with E-state index in [0.29, 0.717) is 38.9 Å². The fourth-order valence-electron chi connectivity index (χ4n) is 1.00. The molecule has 0 aliphatic heterocycles. The van der Waals surface area contributed by atoms with Gasteiger partial charge >= 0.3 is 11.9 Å². The van der Waals surface area contributed by atoms with Gasteiger partial charge in [0.1, 0.15) is 0 Å². The molecule has 0 aromatic rings. The first kappa shape index (κ1) is 19.2. The average molecular weight is 264 g/mol. The number of esters is 2. The van der Waals surface area contributed by atoms with E-state index in [9.17, 15) is 9.59 Å². The quantitative estimate of drug-likeness (QED) is 0.494. The molecule has 0 rings (SSSR count). The molecule has 0 unspecified atom stereocenters. The molecule has 108 valence electrons. The van der Waals surface area contributed by atoms with E-state index >= 15 is 0 Å². The van der Waals surface area contributed by atoms with Gasteiger partial charge in [0, 0.05) is 12.8 Å². The van der Waals surface area contributed by atoms with Gasteiger partial charge in [0.05, 0.1) is 26.4 Å². The summed E-state index contributed by atoms with van der Waals surface area (Å²) in [5.41, 5.74) is 0. The van der Waals surface area contributed by atoms with Crippen LogP contribution >= 0.6 is 0 Å². The van der Waals surface area contributed by atoms with Crippen molar-refractivity contribution in [2.45, 2.75) is 39.5 Å². The summed E-state index contributed by atoms with van der Waals surface area (Å²) in [4.78, 5) is 21.8. The highest BCUT2D eigenvalue weighted by molar-refractivity contribution is 5.70. The molecule has 0 amide bonds. The number of hydrogen-bond donors (Lipinski definition) is 2. The van der Waals surface area contributed by atoms with Gasteiger partial charge < -0.3 is 19.7 Å². The Balaban J connectivity index is 0. The number of aliphatic hydroxyl groups excluding tert-OH is 2. The van der Waals surface area contributed by atoms with E-state index in [0.717, 1.165) is 0 Å². The summed E-state index contributed by atoms with van der Waals surface area (Å²) >= 11 is 0. The van der Waals surface area contributed by atoms with Crippen molar-refractivity contribution >= 4 is 11.9 Å². The van der Waals surface area contributed by atoms with Crippen molar-refractivity contribution in [1.29, 1.82) is 0 Å². The van der Waals surface area contributed by atoms with Gasteiger partial charge in [-0.05, 0) is 26.7 Å². The Morgan fingerprint density at radius 1 is 0.833 bits per heavy atom. The number of carbonyl (C=O) groups is 2. The second kappa shape index (κ2) is 15.9. The molecule has 0 saturated carbocycles. The van der Waals surface area contributed by atoms with Crippen LogP contribution in [-0.4, -0.2) is 48.6 Å². The second-order valence-electron chi connectivity index (χ2n) is 3.26. The normalized spacial score (nSPS) is 9.11. The van der Waals surface area contributed by atoms with Gasteiger partial charge in [-0.2, -0.15) is 0 Å². The lowest BCUT2D eigenvalue weighted by atomic mass is 10.2. The second-order valence-corrected chi connectivity index (χ2v) is 3.26. The van der Waals surface area contributed by atoms with Crippen molar-refractivity contribution in [2.75, 3.05) is 26.4 Å². The summed E-state index contributed by atoms with van der Waals surface area (Å²) in [6, 6.07) is 0. The van der Waals surface area contributed by atoms with Crippen molar-refractivity contribution in [2.24, 2.45) is 0 Å². The molecule has 0 heterocycles. The highest BCUT2D eigenvalue weighted by Crippen LogP contribution is 2.02. The summed E-state index contributed by atoms with van der Waals surface area (Å²) in [5.74, 6) is -0.396. The molecule has 0 aromatic carbocycles. The first-order valence-electron chi connectivity index (χ1n) is 6.15. The summed E-state index contributed by atoms with van der Waals surface area (Å²) in [7, 11) is 0. The predicted molar refractivity (Wildman–Crippen MR) is 65.9 cm³/mol. The Kier molecular flexibility index (Phi) is 16.9. The molecule has 0 radical (unpaired) electrons. The number of rotatable bonds is 8. The van der Waals surface area contributed by atoms with Crippen LogP contribution < -0.4 is 0 Å². The minimum Gasteiger partial charge on any atom is -0.466 e. The fourth-order valence-corrected chi connectivity index (χ4v) is 1.00. The lowest BCUT2D eigenvalue weighted by molar-refractivity contribution is -0.145. The molecule has 0 spiro atoms. The van der Waals surface area contributed by atoms with Gasteiger partial charge in [-0.25, -0.2) is 0 Å². The molecule has 6 heteroatoms. The maximum absolute atomic E-state index is 10.9. The molecule has 0 bridgehead atoms. The summed E-state index contributed by atoms with van der Waals surface area (Å²) in [5, 5.41) is 15.2. The lowest BCUT2D eigenvalue weighted by Crippen LogP contribution is -2.06. The van der Waals surface area contributed by atoms with Crippen LogP contribution in [0.3, 0.4) is 0 Å². The van der Waals surface area contributed by atoms with Crippen molar-refractivity contribution in [3.05, 3.63) is 0 Å². The molecule has 0 aromatic heterocycles. The van der Waals surface area contributed by atoms with Crippen molar-refractivity contribution in [1.82, 2.24) is 0 Å². The molecular formula is C12H24O6. The number of ether oxygens (including phenoxy) is 2. The zero-order valence-electron chi connectivity index (χ0n) is 11.2. The molecule has 0 saturated heterocycles. The first-order chi connectivity index (χ1) is 8.62. The standard InChI is InChI=1S/C10H18O4.C2H6O2/c1-3-13-9(11)7-5-6-8-10(12)14-4-2;3-1-2-4/h3-8H2,1-2H3;3-4H,1-2H2. The third-order valence-electron chi connectivity index (χ3n) is 1.72. The Hall–Kier alpha value is -1.14. The van der Waals surface area contributed by atoms with Crippen LogP contribution in [0.4, 0.5) is 0 Å². The number of hydrogen-bond acceptors (Lipinski definition) is 6. The molecule has 18 heavy (non-hydrogen) atoms. The Bertz CT molecular complexity index is 183. The van der Waals surface area contributed by atoms with Crippen LogP contribution in [0.25, 0.3) is 0 Å². The van der Waals surface area contributed by atoms with E-state index in [1.807, 2.05) is 0 Å². The van der Waals surface area contributed by atoms with Crippen molar-refractivity contribution < 1.29 is 29.3 Å². The highest BCUT2D eigenvalue weighted by atomic mass is 16.5. The molecule has 0 atom stereocenters. The van der Waals surface area contributed by atoms with E-state index in [2.05, 4.69) is 0 Å². The maximum atomic E-state index is 10.9. The first-order valence-corrected chi connectivity index (χ1v) is 6.15. The van der Waals surface area contributed by atoms with E-state index in [-0.39, 0.29) is 25.2 Å².